The maximum Gasteiger partial charge on any atom is 0.325 e. The monoisotopic (exact) mass is 365 g/mol. The zero-order chi connectivity index (χ0) is 19.7. The molecule has 0 fully saturated rings. The van der Waals surface area contributed by atoms with Gasteiger partial charge in [-0.05, 0) is 45.0 Å². The zero-order valence-electron chi connectivity index (χ0n) is 15.2. The summed E-state index contributed by atoms with van der Waals surface area (Å²) in [5, 5.41) is 6.92. The van der Waals surface area contributed by atoms with Gasteiger partial charge < -0.3 is 20.1 Å². The molecule has 142 valence electrons. The molecule has 0 saturated carbocycles. The van der Waals surface area contributed by atoms with E-state index in [0.717, 1.165) is 0 Å². The lowest BCUT2D eigenvalue weighted by Crippen LogP contribution is -2.49. The first-order valence-corrected chi connectivity index (χ1v) is 7.80. The summed E-state index contributed by atoms with van der Waals surface area (Å²) < 4.78 is 9.68. The smallest absolute Gasteiger partial charge is 0.325 e. The van der Waals surface area contributed by atoms with Crippen LogP contribution in [0.3, 0.4) is 0 Å². The molecule has 0 spiro atoms. The van der Waals surface area contributed by atoms with Crippen molar-refractivity contribution in [1.82, 2.24) is 16.0 Å². The molecule has 0 heterocycles. The number of esters is 1. The van der Waals surface area contributed by atoms with Crippen LogP contribution in [0.15, 0.2) is 24.3 Å². The van der Waals surface area contributed by atoms with Crippen LogP contribution in [0.2, 0.25) is 0 Å². The summed E-state index contributed by atoms with van der Waals surface area (Å²) in [6.07, 6.45) is 0. The van der Waals surface area contributed by atoms with Crippen LogP contribution in [0, 0.1) is 0 Å². The molecule has 1 rings (SSSR count). The van der Waals surface area contributed by atoms with E-state index in [1.54, 1.807) is 45.0 Å². The Kier molecular flexibility index (Phi) is 7.57. The van der Waals surface area contributed by atoms with Crippen molar-refractivity contribution in [2.75, 3.05) is 20.3 Å². The normalized spacial score (nSPS) is 10.5. The fourth-order valence-corrected chi connectivity index (χ4v) is 1.73. The summed E-state index contributed by atoms with van der Waals surface area (Å²) in [6.45, 7) is 4.22. The van der Waals surface area contributed by atoms with Crippen LogP contribution in [-0.4, -0.2) is 49.6 Å². The molecular formula is C17H23N3O6. The molecule has 0 atom stereocenters. The predicted molar refractivity (Wildman–Crippen MR) is 92.7 cm³/mol. The minimum Gasteiger partial charge on any atom is -0.497 e. The summed E-state index contributed by atoms with van der Waals surface area (Å²) in [5.41, 5.74) is -0.164. The number of carbonyl (C=O) groups excluding carboxylic acids is 4. The van der Waals surface area contributed by atoms with Crippen molar-refractivity contribution in [2.24, 2.45) is 0 Å². The topological polar surface area (TPSA) is 123 Å². The van der Waals surface area contributed by atoms with Gasteiger partial charge >= 0.3 is 12.0 Å². The fourth-order valence-electron chi connectivity index (χ4n) is 1.73. The van der Waals surface area contributed by atoms with Crippen molar-refractivity contribution < 1.29 is 28.7 Å². The number of nitrogens with one attached hydrogen (secondary N) is 3. The van der Waals surface area contributed by atoms with Gasteiger partial charge in [0.05, 0.1) is 7.11 Å². The largest absolute Gasteiger partial charge is 0.497 e. The Morgan fingerprint density at radius 3 is 2.19 bits per heavy atom. The average molecular weight is 365 g/mol. The van der Waals surface area contributed by atoms with Crippen LogP contribution in [0.1, 0.15) is 31.1 Å². The fraction of sp³-hybridized carbons (Fsp3) is 0.412. The quantitative estimate of drug-likeness (QED) is 0.634. The van der Waals surface area contributed by atoms with Crippen LogP contribution < -0.4 is 20.7 Å². The average Bonchev–Trinajstić information content (AvgIpc) is 2.56. The number of rotatable bonds is 6. The SMILES string of the molecule is COc1ccc(C(=O)NCC(=O)OCC(=O)NC(=O)NC(C)(C)C)cc1. The van der Waals surface area contributed by atoms with Gasteiger partial charge in [0.2, 0.25) is 0 Å². The number of urea groups is 1. The number of hydrogen-bond acceptors (Lipinski definition) is 6. The van der Waals surface area contributed by atoms with E-state index < -0.39 is 42.5 Å². The molecule has 0 unspecified atom stereocenters. The molecule has 9 heteroatoms. The maximum atomic E-state index is 11.9. The van der Waals surface area contributed by atoms with Gasteiger partial charge in [-0.25, -0.2) is 4.79 Å². The minimum absolute atomic E-state index is 0.343. The van der Waals surface area contributed by atoms with Crippen molar-refractivity contribution in [3.8, 4) is 5.75 Å². The Morgan fingerprint density at radius 1 is 1.04 bits per heavy atom. The Morgan fingerprint density at radius 2 is 1.65 bits per heavy atom. The lowest BCUT2D eigenvalue weighted by atomic mass is 10.1. The lowest BCUT2D eigenvalue weighted by molar-refractivity contribution is -0.147. The van der Waals surface area contributed by atoms with Gasteiger partial charge in [-0.3, -0.25) is 19.7 Å². The molecular weight excluding hydrogens is 342 g/mol. The predicted octanol–water partition coefficient (Wildman–Crippen LogP) is 0.593. The molecule has 1 aromatic carbocycles. The third-order valence-corrected chi connectivity index (χ3v) is 2.85. The maximum absolute atomic E-state index is 11.9. The van der Waals surface area contributed by atoms with Crippen LogP contribution in [-0.2, 0) is 14.3 Å². The van der Waals surface area contributed by atoms with Gasteiger partial charge in [-0.2, -0.15) is 0 Å². The van der Waals surface area contributed by atoms with E-state index in [9.17, 15) is 19.2 Å². The van der Waals surface area contributed by atoms with E-state index in [1.807, 2.05) is 5.32 Å². The number of hydrogen-bond donors (Lipinski definition) is 3. The standard InChI is InChI=1S/C17H23N3O6/c1-17(2,3)20-16(24)19-13(21)10-26-14(22)9-18-15(23)11-5-7-12(25-4)8-6-11/h5-8H,9-10H2,1-4H3,(H,18,23)(H2,19,20,21,24). The molecule has 0 aliphatic heterocycles. The van der Waals surface area contributed by atoms with Crippen molar-refractivity contribution in [3.05, 3.63) is 29.8 Å². The summed E-state index contributed by atoms with van der Waals surface area (Å²) in [5.74, 6) is -1.46. The Bertz CT molecular complexity index is 664. The highest BCUT2D eigenvalue weighted by Crippen LogP contribution is 2.10. The van der Waals surface area contributed by atoms with E-state index in [-0.39, 0.29) is 0 Å². The summed E-state index contributed by atoms with van der Waals surface area (Å²) in [6, 6.07) is 5.62. The molecule has 0 bridgehead atoms. The second kappa shape index (κ2) is 9.40. The highest BCUT2D eigenvalue weighted by atomic mass is 16.5. The van der Waals surface area contributed by atoms with Gasteiger partial charge in [0.15, 0.2) is 6.61 Å². The second-order valence-electron chi connectivity index (χ2n) is 6.32. The molecule has 9 nitrogen and oxygen atoms in total. The molecule has 0 aliphatic carbocycles. The number of benzene rings is 1. The van der Waals surface area contributed by atoms with E-state index in [1.165, 1.54) is 7.11 Å². The van der Waals surface area contributed by atoms with Gasteiger partial charge in [0.25, 0.3) is 11.8 Å². The molecule has 4 amide bonds. The van der Waals surface area contributed by atoms with Crippen LogP contribution >= 0.6 is 0 Å². The molecule has 1 aromatic rings. The van der Waals surface area contributed by atoms with Crippen molar-refractivity contribution in [1.29, 1.82) is 0 Å². The summed E-state index contributed by atoms with van der Waals surface area (Å²) in [4.78, 5) is 46.4. The first-order valence-electron chi connectivity index (χ1n) is 7.80. The van der Waals surface area contributed by atoms with E-state index >= 15 is 0 Å². The number of methoxy groups -OCH3 is 1. The van der Waals surface area contributed by atoms with Gasteiger partial charge in [-0.15, -0.1) is 0 Å². The van der Waals surface area contributed by atoms with Gasteiger partial charge in [0.1, 0.15) is 12.3 Å². The van der Waals surface area contributed by atoms with Crippen molar-refractivity contribution >= 4 is 23.8 Å². The van der Waals surface area contributed by atoms with Crippen LogP contribution in [0.25, 0.3) is 0 Å². The van der Waals surface area contributed by atoms with Crippen LogP contribution in [0.5, 0.6) is 5.75 Å². The molecule has 0 saturated heterocycles. The molecule has 3 N–H and O–H groups in total. The summed E-state index contributed by atoms with van der Waals surface area (Å²) in [7, 11) is 1.51. The van der Waals surface area contributed by atoms with Crippen molar-refractivity contribution in [3.63, 3.8) is 0 Å². The number of imide groups is 1. The molecule has 0 radical (unpaired) electrons. The molecule has 0 aliphatic rings. The Hall–Kier alpha value is -3.10. The van der Waals surface area contributed by atoms with Crippen LogP contribution in [0.4, 0.5) is 4.79 Å². The first-order chi connectivity index (χ1) is 12.1. The second-order valence-corrected chi connectivity index (χ2v) is 6.32. The minimum atomic E-state index is -0.807. The van der Waals surface area contributed by atoms with E-state index in [4.69, 9.17) is 9.47 Å². The highest BCUT2D eigenvalue weighted by molar-refractivity contribution is 5.97. The number of ether oxygens (including phenoxy) is 2. The zero-order valence-corrected chi connectivity index (χ0v) is 15.2. The Balaban J connectivity index is 2.32. The third kappa shape index (κ3) is 8.13. The first kappa shape index (κ1) is 20.9. The van der Waals surface area contributed by atoms with Gasteiger partial charge in [0, 0.05) is 11.1 Å². The van der Waals surface area contributed by atoms with E-state index in [0.29, 0.717) is 11.3 Å². The summed E-state index contributed by atoms with van der Waals surface area (Å²) >= 11 is 0. The highest BCUT2D eigenvalue weighted by Gasteiger charge is 2.17. The van der Waals surface area contributed by atoms with Gasteiger partial charge in [-0.1, -0.05) is 0 Å². The van der Waals surface area contributed by atoms with E-state index in [2.05, 4.69) is 10.6 Å². The molecule has 0 aromatic heterocycles. The Labute approximate surface area is 151 Å². The lowest BCUT2D eigenvalue weighted by Gasteiger charge is -2.20. The third-order valence-electron chi connectivity index (χ3n) is 2.85. The number of carbonyl (C=O) groups is 4. The van der Waals surface area contributed by atoms with Crippen molar-refractivity contribution in [2.45, 2.75) is 26.3 Å². The number of amides is 4. The molecule has 26 heavy (non-hydrogen) atoms.